The van der Waals surface area contributed by atoms with Crippen LogP contribution in [0.25, 0.3) is 0 Å². The Bertz CT molecular complexity index is 514. The molecule has 0 atom stereocenters. The molecular weight excluding hydrogens is 231 g/mol. The number of nitrogens with zero attached hydrogens (tertiary/aromatic N) is 2. The molecule has 0 radical (unpaired) electrons. The van der Waals surface area contributed by atoms with E-state index in [0.29, 0.717) is 5.75 Å². The minimum absolute atomic E-state index is 0.280. The second-order valence-corrected chi connectivity index (χ2v) is 4.32. The topological polar surface area (TPSA) is 35.0 Å². The van der Waals surface area contributed by atoms with Crippen molar-refractivity contribution in [2.24, 2.45) is 0 Å². The van der Waals surface area contributed by atoms with E-state index in [1.807, 2.05) is 13.8 Å². The molecular formula is C14H15FN2O. The SMILES string of the molecule is CC(C)c1ccc(F)cc1OCc1cnccn1. The average molecular weight is 246 g/mol. The number of hydrogen-bond donors (Lipinski definition) is 0. The molecule has 2 aromatic rings. The first kappa shape index (κ1) is 12.5. The van der Waals surface area contributed by atoms with E-state index in [-0.39, 0.29) is 18.3 Å². The van der Waals surface area contributed by atoms with Gasteiger partial charge in [0.25, 0.3) is 0 Å². The van der Waals surface area contributed by atoms with Gasteiger partial charge in [0, 0.05) is 18.5 Å². The van der Waals surface area contributed by atoms with Crippen LogP contribution in [0.2, 0.25) is 0 Å². The predicted octanol–water partition coefficient (Wildman–Crippen LogP) is 3.32. The van der Waals surface area contributed by atoms with E-state index in [1.54, 1.807) is 24.7 Å². The molecule has 0 amide bonds. The second kappa shape index (κ2) is 5.58. The number of ether oxygens (including phenoxy) is 1. The second-order valence-electron chi connectivity index (χ2n) is 4.32. The maximum absolute atomic E-state index is 13.2. The summed E-state index contributed by atoms with van der Waals surface area (Å²) in [6.07, 6.45) is 4.84. The predicted molar refractivity (Wildman–Crippen MR) is 66.9 cm³/mol. The summed E-state index contributed by atoms with van der Waals surface area (Å²) >= 11 is 0. The van der Waals surface area contributed by atoms with Crippen molar-refractivity contribution < 1.29 is 9.13 Å². The Hall–Kier alpha value is -1.97. The third kappa shape index (κ3) is 3.03. The molecule has 1 aromatic carbocycles. The molecule has 3 nitrogen and oxygen atoms in total. The maximum Gasteiger partial charge on any atom is 0.132 e. The van der Waals surface area contributed by atoms with Crippen molar-refractivity contribution in [3.8, 4) is 5.75 Å². The van der Waals surface area contributed by atoms with E-state index in [2.05, 4.69) is 9.97 Å². The Kier molecular flexibility index (Phi) is 3.87. The van der Waals surface area contributed by atoms with E-state index >= 15 is 0 Å². The van der Waals surface area contributed by atoms with Crippen molar-refractivity contribution in [3.05, 3.63) is 53.9 Å². The summed E-state index contributed by atoms with van der Waals surface area (Å²) < 4.78 is 18.9. The van der Waals surface area contributed by atoms with E-state index in [9.17, 15) is 4.39 Å². The summed E-state index contributed by atoms with van der Waals surface area (Å²) in [5, 5.41) is 0. The van der Waals surface area contributed by atoms with Crippen LogP contribution in [-0.4, -0.2) is 9.97 Å². The Morgan fingerprint density at radius 2 is 2.11 bits per heavy atom. The molecule has 0 saturated carbocycles. The number of aromatic nitrogens is 2. The zero-order chi connectivity index (χ0) is 13.0. The summed E-state index contributed by atoms with van der Waals surface area (Å²) in [7, 11) is 0. The third-order valence-corrected chi connectivity index (χ3v) is 2.59. The minimum atomic E-state index is -0.298. The lowest BCUT2D eigenvalue weighted by Crippen LogP contribution is -2.02. The van der Waals surface area contributed by atoms with Gasteiger partial charge in [-0.15, -0.1) is 0 Å². The van der Waals surface area contributed by atoms with Crippen molar-refractivity contribution in [2.45, 2.75) is 26.4 Å². The first-order chi connectivity index (χ1) is 8.66. The van der Waals surface area contributed by atoms with Gasteiger partial charge in [-0.1, -0.05) is 19.9 Å². The first-order valence-electron chi connectivity index (χ1n) is 5.84. The standard InChI is InChI=1S/C14H15FN2O/c1-10(2)13-4-3-11(15)7-14(13)18-9-12-8-16-5-6-17-12/h3-8,10H,9H2,1-2H3. The Morgan fingerprint density at radius 3 is 2.78 bits per heavy atom. The summed E-state index contributed by atoms with van der Waals surface area (Å²) in [5.74, 6) is 0.548. The molecule has 4 heteroatoms. The molecule has 0 unspecified atom stereocenters. The lowest BCUT2D eigenvalue weighted by molar-refractivity contribution is 0.295. The van der Waals surface area contributed by atoms with Gasteiger partial charge in [0.15, 0.2) is 0 Å². The highest BCUT2D eigenvalue weighted by Crippen LogP contribution is 2.27. The van der Waals surface area contributed by atoms with Crippen molar-refractivity contribution >= 4 is 0 Å². The molecule has 0 aliphatic carbocycles. The van der Waals surface area contributed by atoms with E-state index in [1.165, 1.54) is 12.1 Å². The van der Waals surface area contributed by atoms with Crippen molar-refractivity contribution in [2.75, 3.05) is 0 Å². The number of benzene rings is 1. The molecule has 94 valence electrons. The number of hydrogen-bond acceptors (Lipinski definition) is 3. The lowest BCUT2D eigenvalue weighted by atomic mass is 10.0. The molecule has 0 fully saturated rings. The fourth-order valence-electron chi connectivity index (χ4n) is 1.67. The molecule has 2 rings (SSSR count). The molecule has 0 N–H and O–H groups in total. The third-order valence-electron chi connectivity index (χ3n) is 2.59. The molecule has 0 bridgehead atoms. The van der Waals surface area contributed by atoms with Gasteiger partial charge in [0.2, 0.25) is 0 Å². The fraction of sp³-hybridized carbons (Fsp3) is 0.286. The summed E-state index contributed by atoms with van der Waals surface area (Å²) in [4.78, 5) is 8.06. The minimum Gasteiger partial charge on any atom is -0.487 e. The normalized spacial score (nSPS) is 10.7. The quantitative estimate of drug-likeness (QED) is 0.830. The number of halogens is 1. The van der Waals surface area contributed by atoms with Gasteiger partial charge < -0.3 is 4.74 Å². The molecule has 0 aliphatic rings. The monoisotopic (exact) mass is 246 g/mol. The Labute approximate surface area is 106 Å². The highest BCUT2D eigenvalue weighted by Gasteiger charge is 2.09. The summed E-state index contributed by atoms with van der Waals surface area (Å²) in [6.45, 7) is 4.38. The zero-order valence-corrected chi connectivity index (χ0v) is 10.4. The van der Waals surface area contributed by atoms with Crippen molar-refractivity contribution in [1.29, 1.82) is 0 Å². The molecule has 0 saturated heterocycles. The van der Waals surface area contributed by atoms with Crippen LogP contribution in [0, 0.1) is 5.82 Å². The smallest absolute Gasteiger partial charge is 0.132 e. The average Bonchev–Trinajstić information content (AvgIpc) is 2.37. The fourth-order valence-corrected chi connectivity index (χ4v) is 1.67. The molecule has 1 aromatic heterocycles. The van der Waals surface area contributed by atoms with Crippen LogP contribution in [0.3, 0.4) is 0 Å². The Morgan fingerprint density at radius 1 is 1.28 bits per heavy atom. The van der Waals surface area contributed by atoms with E-state index in [4.69, 9.17) is 4.74 Å². The van der Waals surface area contributed by atoms with Gasteiger partial charge in [-0.25, -0.2) is 4.39 Å². The number of rotatable bonds is 4. The van der Waals surface area contributed by atoms with E-state index in [0.717, 1.165) is 11.3 Å². The van der Waals surface area contributed by atoms with Crippen LogP contribution >= 0.6 is 0 Å². The van der Waals surface area contributed by atoms with Crippen LogP contribution in [0.1, 0.15) is 31.0 Å². The summed E-state index contributed by atoms with van der Waals surface area (Å²) in [5.41, 5.74) is 1.71. The van der Waals surface area contributed by atoms with Gasteiger partial charge in [-0.05, 0) is 17.5 Å². The highest BCUT2D eigenvalue weighted by molar-refractivity contribution is 5.36. The van der Waals surface area contributed by atoms with Crippen LogP contribution in [-0.2, 0) is 6.61 Å². The highest BCUT2D eigenvalue weighted by atomic mass is 19.1. The van der Waals surface area contributed by atoms with Crippen molar-refractivity contribution in [1.82, 2.24) is 9.97 Å². The van der Waals surface area contributed by atoms with Crippen LogP contribution in [0.5, 0.6) is 5.75 Å². The van der Waals surface area contributed by atoms with Gasteiger partial charge in [0.05, 0.1) is 11.9 Å². The Balaban J connectivity index is 2.15. The van der Waals surface area contributed by atoms with Crippen LogP contribution in [0.4, 0.5) is 4.39 Å². The van der Waals surface area contributed by atoms with Gasteiger partial charge >= 0.3 is 0 Å². The van der Waals surface area contributed by atoms with Gasteiger partial charge in [0.1, 0.15) is 18.2 Å². The summed E-state index contributed by atoms with van der Waals surface area (Å²) in [6, 6.07) is 4.61. The van der Waals surface area contributed by atoms with E-state index < -0.39 is 0 Å². The molecule has 18 heavy (non-hydrogen) atoms. The molecule has 0 aliphatic heterocycles. The maximum atomic E-state index is 13.2. The van der Waals surface area contributed by atoms with Crippen molar-refractivity contribution in [3.63, 3.8) is 0 Å². The van der Waals surface area contributed by atoms with Gasteiger partial charge in [-0.3, -0.25) is 9.97 Å². The first-order valence-corrected chi connectivity index (χ1v) is 5.84. The zero-order valence-electron chi connectivity index (χ0n) is 10.4. The van der Waals surface area contributed by atoms with Crippen LogP contribution in [0.15, 0.2) is 36.8 Å². The largest absolute Gasteiger partial charge is 0.487 e. The lowest BCUT2D eigenvalue weighted by Gasteiger charge is -2.13. The van der Waals surface area contributed by atoms with Crippen LogP contribution < -0.4 is 4.74 Å². The molecule has 0 spiro atoms. The molecule has 1 heterocycles. The van der Waals surface area contributed by atoms with Gasteiger partial charge in [-0.2, -0.15) is 0 Å².